The molecule has 1 saturated carbocycles. The second-order valence-electron chi connectivity index (χ2n) is 5.84. The topological polar surface area (TPSA) is 30.9 Å². The van der Waals surface area contributed by atoms with Crippen LogP contribution in [-0.4, -0.2) is 62.6 Å². The third kappa shape index (κ3) is 5.81. The molecular formula is C15H32N4. The van der Waals surface area contributed by atoms with Gasteiger partial charge in [0.05, 0.1) is 6.54 Å². The van der Waals surface area contributed by atoms with Crippen molar-refractivity contribution in [1.82, 2.24) is 15.1 Å². The summed E-state index contributed by atoms with van der Waals surface area (Å²) in [4.78, 5) is 9.43. The molecule has 1 unspecified atom stereocenters. The number of hydrogen-bond donors (Lipinski definition) is 1. The molecular weight excluding hydrogens is 236 g/mol. The van der Waals surface area contributed by atoms with Gasteiger partial charge >= 0.3 is 0 Å². The Morgan fingerprint density at radius 2 is 1.95 bits per heavy atom. The van der Waals surface area contributed by atoms with Gasteiger partial charge in [0.25, 0.3) is 0 Å². The standard InChI is InChI=1S/C15H32N4/c1-6-8-11-19(5)15(16-7-2)17-12-14(18(3)4)13-9-10-13/h13-14H,6-12H2,1-5H3,(H,16,17). The first kappa shape index (κ1) is 16.3. The first-order valence-electron chi connectivity index (χ1n) is 7.76. The lowest BCUT2D eigenvalue weighted by Crippen LogP contribution is -2.41. The van der Waals surface area contributed by atoms with Gasteiger partial charge in [-0.1, -0.05) is 13.3 Å². The normalized spacial score (nSPS) is 17.7. The highest BCUT2D eigenvalue weighted by atomic mass is 15.3. The Hall–Kier alpha value is -0.770. The van der Waals surface area contributed by atoms with Crippen LogP contribution >= 0.6 is 0 Å². The number of hydrogen-bond acceptors (Lipinski definition) is 2. The molecule has 1 fully saturated rings. The maximum Gasteiger partial charge on any atom is 0.193 e. The molecule has 1 N–H and O–H groups in total. The highest BCUT2D eigenvalue weighted by Crippen LogP contribution is 2.34. The molecule has 112 valence electrons. The van der Waals surface area contributed by atoms with Crippen LogP contribution in [0, 0.1) is 5.92 Å². The molecule has 0 aliphatic heterocycles. The molecule has 4 nitrogen and oxygen atoms in total. The van der Waals surface area contributed by atoms with Gasteiger partial charge in [-0.05, 0) is 46.2 Å². The fourth-order valence-corrected chi connectivity index (χ4v) is 2.37. The van der Waals surface area contributed by atoms with Crippen molar-refractivity contribution in [2.45, 2.75) is 45.6 Å². The smallest absolute Gasteiger partial charge is 0.193 e. The van der Waals surface area contributed by atoms with Crippen molar-refractivity contribution in [3.05, 3.63) is 0 Å². The third-order valence-electron chi connectivity index (χ3n) is 3.80. The molecule has 1 aliphatic rings. The minimum absolute atomic E-state index is 0.605. The van der Waals surface area contributed by atoms with E-state index >= 15 is 0 Å². The zero-order chi connectivity index (χ0) is 14.3. The van der Waals surface area contributed by atoms with E-state index in [2.05, 4.69) is 50.1 Å². The maximum atomic E-state index is 4.84. The highest BCUT2D eigenvalue weighted by molar-refractivity contribution is 5.79. The largest absolute Gasteiger partial charge is 0.357 e. The molecule has 0 aromatic carbocycles. The van der Waals surface area contributed by atoms with E-state index in [1.54, 1.807) is 0 Å². The number of guanidine groups is 1. The average molecular weight is 268 g/mol. The number of likely N-dealkylation sites (N-methyl/N-ethyl adjacent to an activating group) is 1. The van der Waals surface area contributed by atoms with Crippen LogP contribution in [0.4, 0.5) is 0 Å². The Kier molecular flexibility index (Phi) is 7.21. The van der Waals surface area contributed by atoms with Gasteiger partial charge in [0.2, 0.25) is 0 Å². The van der Waals surface area contributed by atoms with Crippen LogP contribution in [0.1, 0.15) is 39.5 Å². The summed E-state index contributed by atoms with van der Waals surface area (Å²) in [6, 6.07) is 0.605. The van der Waals surface area contributed by atoms with Gasteiger partial charge < -0.3 is 15.1 Å². The molecule has 0 heterocycles. The predicted octanol–water partition coefficient (Wildman–Crippen LogP) is 2.02. The number of nitrogens with zero attached hydrogens (tertiary/aromatic N) is 3. The number of rotatable bonds is 8. The molecule has 1 rings (SSSR count). The molecule has 1 aliphatic carbocycles. The zero-order valence-electron chi connectivity index (χ0n) is 13.4. The van der Waals surface area contributed by atoms with E-state index in [1.165, 1.54) is 25.7 Å². The molecule has 0 aromatic heterocycles. The molecule has 0 saturated heterocycles. The summed E-state index contributed by atoms with van der Waals surface area (Å²) in [5.74, 6) is 1.92. The molecule has 4 heteroatoms. The quantitative estimate of drug-likeness (QED) is 0.540. The average Bonchev–Trinajstić information content (AvgIpc) is 3.19. The van der Waals surface area contributed by atoms with Gasteiger partial charge in [-0.3, -0.25) is 4.99 Å². The molecule has 19 heavy (non-hydrogen) atoms. The lowest BCUT2D eigenvalue weighted by atomic mass is 10.2. The lowest BCUT2D eigenvalue weighted by molar-refractivity contribution is 0.270. The van der Waals surface area contributed by atoms with Gasteiger partial charge in [0, 0.05) is 26.2 Å². The van der Waals surface area contributed by atoms with Crippen molar-refractivity contribution in [3.8, 4) is 0 Å². The van der Waals surface area contributed by atoms with E-state index < -0.39 is 0 Å². The summed E-state index contributed by atoms with van der Waals surface area (Å²) in [7, 11) is 6.48. The van der Waals surface area contributed by atoms with Crippen molar-refractivity contribution in [2.75, 3.05) is 40.8 Å². The van der Waals surface area contributed by atoms with Crippen molar-refractivity contribution < 1.29 is 0 Å². The second-order valence-corrected chi connectivity index (χ2v) is 5.84. The summed E-state index contributed by atoms with van der Waals surface area (Å²) >= 11 is 0. The van der Waals surface area contributed by atoms with Gasteiger partial charge in [-0.25, -0.2) is 0 Å². The first-order valence-corrected chi connectivity index (χ1v) is 7.76. The second kappa shape index (κ2) is 8.41. The van der Waals surface area contributed by atoms with Gasteiger partial charge in [-0.2, -0.15) is 0 Å². The molecule has 0 amide bonds. The molecule has 0 bridgehead atoms. The minimum atomic E-state index is 0.605. The zero-order valence-corrected chi connectivity index (χ0v) is 13.4. The molecule has 0 spiro atoms. The Labute approximate surface area is 119 Å². The van der Waals surface area contributed by atoms with Crippen LogP contribution in [0.5, 0.6) is 0 Å². The number of aliphatic imine (C=N–C) groups is 1. The summed E-state index contributed by atoms with van der Waals surface area (Å²) in [6.45, 7) is 7.29. The third-order valence-corrected chi connectivity index (χ3v) is 3.80. The Morgan fingerprint density at radius 1 is 1.26 bits per heavy atom. The molecule has 0 aromatic rings. The van der Waals surface area contributed by atoms with Crippen molar-refractivity contribution in [1.29, 1.82) is 0 Å². The summed E-state index contributed by atoms with van der Waals surface area (Å²) in [6.07, 6.45) is 5.20. The minimum Gasteiger partial charge on any atom is -0.357 e. The summed E-state index contributed by atoms with van der Waals surface area (Å²) < 4.78 is 0. The van der Waals surface area contributed by atoms with Crippen LogP contribution in [-0.2, 0) is 0 Å². The number of unbranched alkanes of at least 4 members (excludes halogenated alkanes) is 1. The fourth-order valence-electron chi connectivity index (χ4n) is 2.37. The van der Waals surface area contributed by atoms with Gasteiger partial charge in [-0.15, -0.1) is 0 Å². The van der Waals surface area contributed by atoms with Gasteiger partial charge in [0.15, 0.2) is 5.96 Å². The highest BCUT2D eigenvalue weighted by Gasteiger charge is 2.32. The van der Waals surface area contributed by atoms with Crippen LogP contribution in [0.15, 0.2) is 4.99 Å². The Morgan fingerprint density at radius 3 is 2.42 bits per heavy atom. The fraction of sp³-hybridized carbons (Fsp3) is 0.933. The summed E-state index contributed by atoms with van der Waals surface area (Å²) in [5.41, 5.74) is 0. The van der Waals surface area contributed by atoms with Crippen molar-refractivity contribution in [3.63, 3.8) is 0 Å². The van der Waals surface area contributed by atoms with Crippen LogP contribution in [0.25, 0.3) is 0 Å². The van der Waals surface area contributed by atoms with Crippen LogP contribution < -0.4 is 5.32 Å². The Bertz CT molecular complexity index is 269. The maximum absolute atomic E-state index is 4.84. The van der Waals surface area contributed by atoms with E-state index in [4.69, 9.17) is 4.99 Å². The van der Waals surface area contributed by atoms with E-state index in [0.29, 0.717) is 6.04 Å². The van der Waals surface area contributed by atoms with E-state index in [0.717, 1.165) is 31.5 Å². The van der Waals surface area contributed by atoms with Crippen LogP contribution in [0.3, 0.4) is 0 Å². The first-order chi connectivity index (χ1) is 9.10. The molecule has 0 radical (unpaired) electrons. The molecule has 1 atom stereocenters. The van der Waals surface area contributed by atoms with Gasteiger partial charge in [0.1, 0.15) is 0 Å². The SMILES string of the molecule is CCCCN(C)C(=NCC(C1CC1)N(C)C)NCC. The van der Waals surface area contributed by atoms with Crippen LogP contribution in [0.2, 0.25) is 0 Å². The van der Waals surface area contributed by atoms with E-state index in [9.17, 15) is 0 Å². The Balaban J connectivity index is 2.54. The van der Waals surface area contributed by atoms with Crippen molar-refractivity contribution in [2.24, 2.45) is 10.9 Å². The number of nitrogens with one attached hydrogen (secondary N) is 1. The lowest BCUT2D eigenvalue weighted by Gasteiger charge is -2.25. The van der Waals surface area contributed by atoms with E-state index in [1.807, 2.05) is 0 Å². The monoisotopic (exact) mass is 268 g/mol. The van der Waals surface area contributed by atoms with E-state index in [-0.39, 0.29) is 0 Å². The summed E-state index contributed by atoms with van der Waals surface area (Å²) in [5, 5.41) is 3.40. The van der Waals surface area contributed by atoms with Crippen molar-refractivity contribution >= 4 is 5.96 Å². The predicted molar refractivity (Wildman–Crippen MR) is 83.7 cm³/mol.